The zero-order valence-corrected chi connectivity index (χ0v) is 11.2. The Kier molecular flexibility index (Phi) is 4.39. The van der Waals surface area contributed by atoms with E-state index in [1.807, 2.05) is 0 Å². The topological polar surface area (TPSA) is 50.2 Å². The second-order valence-corrected chi connectivity index (χ2v) is 5.07. The molecule has 3 nitrogen and oxygen atoms in total. The number of hydrogen-bond acceptors (Lipinski definition) is 3. The SMILES string of the molecule is O=C(O)c1cccnc1SCc1ccc(F)c(Cl)c1. The fraction of sp³-hybridized carbons (Fsp3) is 0.0769. The van der Waals surface area contributed by atoms with Crippen LogP contribution in [0.4, 0.5) is 4.39 Å². The minimum Gasteiger partial charge on any atom is -0.478 e. The fourth-order valence-electron chi connectivity index (χ4n) is 1.45. The molecule has 0 spiro atoms. The standard InChI is InChI=1S/C13H9ClFNO2S/c14-10-6-8(3-4-11(10)15)7-19-12-9(13(17)18)2-1-5-16-12/h1-6H,7H2,(H,17,18). The van der Waals surface area contributed by atoms with Crippen molar-refractivity contribution in [3.63, 3.8) is 0 Å². The molecule has 0 aliphatic rings. The highest BCUT2D eigenvalue weighted by Gasteiger charge is 2.11. The number of hydrogen-bond donors (Lipinski definition) is 1. The largest absolute Gasteiger partial charge is 0.478 e. The smallest absolute Gasteiger partial charge is 0.338 e. The zero-order valence-electron chi connectivity index (χ0n) is 9.64. The minimum atomic E-state index is -1.02. The lowest BCUT2D eigenvalue weighted by Gasteiger charge is -2.05. The van der Waals surface area contributed by atoms with E-state index in [0.29, 0.717) is 10.8 Å². The molecule has 1 aromatic heterocycles. The monoisotopic (exact) mass is 297 g/mol. The minimum absolute atomic E-state index is 0.0533. The Hall–Kier alpha value is -1.59. The van der Waals surface area contributed by atoms with Crippen molar-refractivity contribution in [1.29, 1.82) is 0 Å². The zero-order chi connectivity index (χ0) is 13.8. The molecule has 98 valence electrons. The summed E-state index contributed by atoms with van der Waals surface area (Å²) >= 11 is 6.95. The van der Waals surface area contributed by atoms with Crippen molar-refractivity contribution in [2.45, 2.75) is 10.8 Å². The number of carboxylic acids is 1. The summed E-state index contributed by atoms with van der Waals surface area (Å²) in [4.78, 5) is 15.0. The van der Waals surface area contributed by atoms with E-state index in [2.05, 4.69) is 4.98 Å². The number of aromatic carboxylic acids is 1. The van der Waals surface area contributed by atoms with Gasteiger partial charge in [0.2, 0.25) is 0 Å². The second kappa shape index (κ2) is 6.04. The molecule has 2 aromatic rings. The molecule has 0 radical (unpaired) electrons. The maximum atomic E-state index is 13.0. The lowest BCUT2D eigenvalue weighted by Crippen LogP contribution is -2.00. The molecule has 0 bridgehead atoms. The maximum Gasteiger partial charge on any atom is 0.338 e. The summed E-state index contributed by atoms with van der Waals surface area (Å²) in [5.41, 5.74) is 0.958. The highest BCUT2D eigenvalue weighted by Crippen LogP contribution is 2.26. The molecule has 0 aliphatic carbocycles. The van der Waals surface area contributed by atoms with Gasteiger partial charge in [0.25, 0.3) is 0 Å². The molecule has 6 heteroatoms. The van der Waals surface area contributed by atoms with E-state index in [4.69, 9.17) is 16.7 Å². The van der Waals surface area contributed by atoms with E-state index < -0.39 is 11.8 Å². The van der Waals surface area contributed by atoms with E-state index in [-0.39, 0.29) is 10.6 Å². The Morgan fingerprint density at radius 2 is 2.21 bits per heavy atom. The van der Waals surface area contributed by atoms with Crippen molar-refractivity contribution in [2.75, 3.05) is 0 Å². The van der Waals surface area contributed by atoms with Crippen molar-refractivity contribution in [2.24, 2.45) is 0 Å². The first kappa shape index (κ1) is 13.8. The lowest BCUT2D eigenvalue weighted by atomic mass is 10.2. The van der Waals surface area contributed by atoms with Crippen molar-refractivity contribution >= 4 is 29.3 Å². The molecule has 0 saturated heterocycles. The summed E-state index contributed by atoms with van der Waals surface area (Å²) in [6.07, 6.45) is 1.53. The number of halogens is 2. The Bertz CT molecular complexity index is 621. The van der Waals surface area contributed by atoms with Crippen LogP contribution >= 0.6 is 23.4 Å². The van der Waals surface area contributed by atoms with Crippen molar-refractivity contribution in [3.05, 3.63) is 58.5 Å². The summed E-state index contributed by atoms with van der Waals surface area (Å²) in [6, 6.07) is 7.48. The summed E-state index contributed by atoms with van der Waals surface area (Å²) in [5.74, 6) is -1.02. The molecule has 0 saturated carbocycles. The van der Waals surface area contributed by atoms with Gasteiger partial charge in [-0.05, 0) is 29.8 Å². The van der Waals surface area contributed by atoms with Crippen LogP contribution in [-0.2, 0) is 5.75 Å². The Morgan fingerprint density at radius 1 is 1.42 bits per heavy atom. The molecule has 0 fully saturated rings. The van der Waals surface area contributed by atoms with Gasteiger partial charge < -0.3 is 5.11 Å². The van der Waals surface area contributed by atoms with E-state index >= 15 is 0 Å². The van der Waals surface area contributed by atoms with Crippen LogP contribution < -0.4 is 0 Å². The number of benzene rings is 1. The van der Waals surface area contributed by atoms with Gasteiger partial charge in [-0.2, -0.15) is 0 Å². The van der Waals surface area contributed by atoms with Gasteiger partial charge in [-0.15, -0.1) is 11.8 Å². The highest BCUT2D eigenvalue weighted by atomic mass is 35.5. The molecule has 1 N–H and O–H groups in total. The van der Waals surface area contributed by atoms with Crippen LogP contribution in [0.1, 0.15) is 15.9 Å². The second-order valence-electron chi connectivity index (χ2n) is 3.70. The van der Waals surface area contributed by atoms with Crippen LogP contribution in [-0.4, -0.2) is 16.1 Å². The van der Waals surface area contributed by atoms with Crippen LogP contribution in [0, 0.1) is 5.82 Å². The van der Waals surface area contributed by atoms with Crippen molar-refractivity contribution in [3.8, 4) is 0 Å². The number of carbonyl (C=O) groups is 1. The highest BCUT2D eigenvalue weighted by molar-refractivity contribution is 7.98. The number of thioether (sulfide) groups is 1. The average molecular weight is 298 g/mol. The molecular weight excluding hydrogens is 289 g/mol. The molecule has 1 aromatic carbocycles. The van der Waals surface area contributed by atoms with Gasteiger partial charge in [-0.25, -0.2) is 14.2 Å². The number of nitrogens with zero attached hydrogens (tertiary/aromatic N) is 1. The molecule has 19 heavy (non-hydrogen) atoms. The first-order valence-corrected chi connectivity index (χ1v) is 6.69. The van der Waals surface area contributed by atoms with Gasteiger partial charge in [0, 0.05) is 11.9 Å². The van der Waals surface area contributed by atoms with Gasteiger partial charge in [-0.1, -0.05) is 17.7 Å². The number of aromatic nitrogens is 1. The van der Waals surface area contributed by atoms with Gasteiger partial charge in [0.1, 0.15) is 10.8 Å². The summed E-state index contributed by atoms with van der Waals surface area (Å²) in [7, 11) is 0. The third kappa shape index (κ3) is 3.45. The Morgan fingerprint density at radius 3 is 2.89 bits per heavy atom. The predicted octanol–water partition coefficient (Wildman–Crippen LogP) is 3.86. The van der Waals surface area contributed by atoms with E-state index in [0.717, 1.165) is 5.56 Å². The Balaban J connectivity index is 2.14. The van der Waals surface area contributed by atoms with Gasteiger partial charge in [0.05, 0.1) is 10.6 Å². The first-order valence-electron chi connectivity index (χ1n) is 5.33. The third-order valence-electron chi connectivity index (χ3n) is 2.36. The molecule has 0 amide bonds. The number of rotatable bonds is 4. The quantitative estimate of drug-likeness (QED) is 0.871. The van der Waals surface area contributed by atoms with Crippen LogP contribution in [0.25, 0.3) is 0 Å². The molecule has 0 unspecified atom stereocenters. The predicted molar refractivity (Wildman–Crippen MR) is 72.2 cm³/mol. The average Bonchev–Trinajstić information content (AvgIpc) is 2.40. The molecule has 1 heterocycles. The van der Waals surface area contributed by atoms with Crippen LogP contribution in [0.2, 0.25) is 5.02 Å². The van der Waals surface area contributed by atoms with Crippen molar-refractivity contribution < 1.29 is 14.3 Å². The first-order chi connectivity index (χ1) is 9.08. The van der Waals surface area contributed by atoms with Crippen LogP contribution in [0.5, 0.6) is 0 Å². The van der Waals surface area contributed by atoms with Gasteiger partial charge >= 0.3 is 5.97 Å². The summed E-state index contributed by atoms with van der Waals surface area (Å²) < 4.78 is 13.0. The molecular formula is C13H9ClFNO2S. The fourth-order valence-corrected chi connectivity index (χ4v) is 2.58. The van der Waals surface area contributed by atoms with Crippen LogP contribution in [0.15, 0.2) is 41.6 Å². The third-order valence-corrected chi connectivity index (χ3v) is 3.73. The number of pyridine rings is 1. The van der Waals surface area contributed by atoms with Crippen LogP contribution in [0.3, 0.4) is 0 Å². The number of carboxylic acid groups (broad SMARTS) is 1. The summed E-state index contributed by atoms with van der Waals surface area (Å²) in [6.45, 7) is 0. The van der Waals surface area contributed by atoms with E-state index in [1.54, 1.807) is 12.1 Å². The van der Waals surface area contributed by atoms with Gasteiger partial charge in [0.15, 0.2) is 0 Å². The summed E-state index contributed by atoms with van der Waals surface area (Å²) in [5, 5.41) is 9.50. The van der Waals surface area contributed by atoms with E-state index in [1.165, 1.54) is 36.2 Å². The molecule has 0 aliphatic heterocycles. The van der Waals surface area contributed by atoms with E-state index in [9.17, 15) is 9.18 Å². The normalized spacial score (nSPS) is 10.4. The lowest BCUT2D eigenvalue weighted by molar-refractivity contribution is 0.0692. The molecule has 2 rings (SSSR count). The Labute approximate surface area is 118 Å². The molecule has 0 atom stereocenters. The van der Waals surface area contributed by atoms with Gasteiger partial charge in [-0.3, -0.25) is 0 Å². The van der Waals surface area contributed by atoms with Crippen molar-refractivity contribution in [1.82, 2.24) is 4.98 Å². The maximum absolute atomic E-state index is 13.0.